The topological polar surface area (TPSA) is 46.2 Å². The zero-order chi connectivity index (χ0) is 15.9. The number of carbonyl (C=O) groups is 2. The molecule has 3 heteroatoms. The third kappa shape index (κ3) is 4.04. The van der Waals surface area contributed by atoms with Crippen LogP contribution in [-0.2, 0) is 4.79 Å². The van der Waals surface area contributed by atoms with Crippen molar-refractivity contribution >= 4 is 17.4 Å². The summed E-state index contributed by atoms with van der Waals surface area (Å²) in [6, 6.07) is 16.2. The van der Waals surface area contributed by atoms with E-state index < -0.39 is 0 Å². The molecule has 2 aromatic carbocycles. The van der Waals surface area contributed by atoms with E-state index >= 15 is 0 Å². The fourth-order valence-electron chi connectivity index (χ4n) is 2.29. The summed E-state index contributed by atoms with van der Waals surface area (Å²) in [5, 5.41) is 2.88. The highest BCUT2D eigenvalue weighted by atomic mass is 16.1. The second-order valence-electron chi connectivity index (χ2n) is 5.45. The first kappa shape index (κ1) is 16.0. The van der Waals surface area contributed by atoms with Gasteiger partial charge in [-0.05, 0) is 30.7 Å². The van der Waals surface area contributed by atoms with Crippen molar-refractivity contribution in [3.63, 3.8) is 0 Å². The second kappa shape index (κ2) is 7.55. The second-order valence-corrected chi connectivity index (χ2v) is 5.45. The van der Waals surface area contributed by atoms with Crippen LogP contribution in [0.3, 0.4) is 0 Å². The van der Waals surface area contributed by atoms with Gasteiger partial charge in [-0.3, -0.25) is 9.59 Å². The molecular weight excluding hydrogens is 274 g/mol. The molecule has 2 rings (SSSR count). The smallest absolute Gasteiger partial charge is 0.227 e. The van der Waals surface area contributed by atoms with Crippen LogP contribution in [0.15, 0.2) is 54.6 Å². The molecule has 0 radical (unpaired) electrons. The number of anilines is 1. The van der Waals surface area contributed by atoms with Gasteiger partial charge in [0.1, 0.15) is 0 Å². The van der Waals surface area contributed by atoms with Gasteiger partial charge in [0.05, 0.1) is 0 Å². The molecule has 0 heterocycles. The van der Waals surface area contributed by atoms with Crippen LogP contribution in [0.4, 0.5) is 5.69 Å². The molecule has 0 aliphatic heterocycles. The molecule has 0 saturated heterocycles. The van der Waals surface area contributed by atoms with Gasteiger partial charge in [-0.1, -0.05) is 50.6 Å². The maximum atomic E-state index is 12.3. The highest BCUT2D eigenvalue weighted by Crippen LogP contribution is 2.15. The molecule has 0 spiro atoms. The van der Waals surface area contributed by atoms with Crippen LogP contribution in [0.5, 0.6) is 0 Å². The normalized spacial score (nSPS) is 11.7. The molecule has 0 unspecified atom stereocenters. The zero-order valence-electron chi connectivity index (χ0n) is 13.0. The highest BCUT2D eigenvalue weighted by molar-refractivity contribution is 6.09. The Bertz CT molecular complexity index is 632. The van der Waals surface area contributed by atoms with Gasteiger partial charge in [0, 0.05) is 22.7 Å². The number of rotatable bonds is 6. The quantitative estimate of drug-likeness (QED) is 0.808. The third-order valence-electron chi connectivity index (χ3n) is 3.62. The average molecular weight is 295 g/mol. The van der Waals surface area contributed by atoms with Crippen molar-refractivity contribution in [2.45, 2.75) is 26.7 Å². The van der Waals surface area contributed by atoms with E-state index in [1.807, 2.05) is 25.1 Å². The summed E-state index contributed by atoms with van der Waals surface area (Å²) in [7, 11) is 0. The Kier molecular flexibility index (Phi) is 5.48. The highest BCUT2D eigenvalue weighted by Gasteiger charge is 2.12. The fourth-order valence-corrected chi connectivity index (χ4v) is 2.29. The van der Waals surface area contributed by atoms with E-state index in [1.54, 1.807) is 36.4 Å². The molecular formula is C19H21NO2. The summed E-state index contributed by atoms with van der Waals surface area (Å²) in [6.07, 6.45) is 1.86. The number of nitrogens with one attached hydrogen (secondary N) is 1. The van der Waals surface area contributed by atoms with E-state index in [-0.39, 0.29) is 17.6 Å². The lowest BCUT2D eigenvalue weighted by Gasteiger charge is -2.11. The van der Waals surface area contributed by atoms with Crippen LogP contribution >= 0.6 is 0 Å². The number of benzene rings is 2. The Morgan fingerprint density at radius 1 is 0.955 bits per heavy atom. The van der Waals surface area contributed by atoms with Gasteiger partial charge >= 0.3 is 0 Å². The van der Waals surface area contributed by atoms with Crippen molar-refractivity contribution in [1.82, 2.24) is 0 Å². The molecule has 22 heavy (non-hydrogen) atoms. The minimum Gasteiger partial charge on any atom is -0.326 e. The van der Waals surface area contributed by atoms with Crippen LogP contribution in [0.1, 0.15) is 42.6 Å². The molecule has 0 saturated carbocycles. The summed E-state index contributed by atoms with van der Waals surface area (Å²) < 4.78 is 0. The number of ketones is 1. The van der Waals surface area contributed by atoms with Gasteiger partial charge in [0.15, 0.2) is 5.78 Å². The van der Waals surface area contributed by atoms with E-state index in [0.29, 0.717) is 11.1 Å². The van der Waals surface area contributed by atoms with Crippen LogP contribution in [0.2, 0.25) is 0 Å². The van der Waals surface area contributed by atoms with E-state index in [0.717, 1.165) is 18.5 Å². The van der Waals surface area contributed by atoms with Gasteiger partial charge < -0.3 is 5.32 Å². The molecule has 1 N–H and O–H groups in total. The van der Waals surface area contributed by atoms with Crippen LogP contribution in [-0.4, -0.2) is 11.7 Å². The summed E-state index contributed by atoms with van der Waals surface area (Å²) >= 11 is 0. The molecule has 0 aliphatic carbocycles. The number of amides is 1. The lowest BCUT2D eigenvalue weighted by Crippen LogP contribution is -2.20. The monoisotopic (exact) mass is 295 g/mol. The summed E-state index contributed by atoms with van der Waals surface area (Å²) in [4.78, 5) is 24.3. The van der Waals surface area contributed by atoms with E-state index in [4.69, 9.17) is 0 Å². The zero-order valence-corrected chi connectivity index (χ0v) is 13.0. The lowest BCUT2D eigenvalue weighted by atomic mass is 10.0. The Morgan fingerprint density at radius 2 is 1.55 bits per heavy atom. The summed E-state index contributed by atoms with van der Waals surface area (Å²) in [6.45, 7) is 3.99. The van der Waals surface area contributed by atoms with Gasteiger partial charge in [-0.15, -0.1) is 0 Å². The number of hydrogen-bond donors (Lipinski definition) is 1. The third-order valence-corrected chi connectivity index (χ3v) is 3.62. The molecule has 0 aliphatic rings. The minimum absolute atomic E-state index is 0.00405. The standard InChI is InChI=1S/C19H21NO2/c1-3-7-14(2)19(22)20-17-12-10-16(11-13-17)18(21)15-8-5-4-6-9-15/h4-6,8-14H,3,7H2,1-2H3,(H,20,22)/t14-/m0/s1. The molecule has 0 aromatic heterocycles. The maximum absolute atomic E-state index is 12.3. The van der Waals surface area contributed by atoms with Gasteiger partial charge in [-0.25, -0.2) is 0 Å². The Hall–Kier alpha value is -2.42. The molecule has 0 fully saturated rings. The fraction of sp³-hybridized carbons (Fsp3) is 0.263. The lowest BCUT2D eigenvalue weighted by molar-refractivity contribution is -0.119. The average Bonchev–Trinajstić information content (AvgIpc) is 2.56. The Balaban J connectivity index is 2.04. The number of hydrogen-bond acceptors (Lipinski definition) is 2. The maximum Gasteiger partial charge on any atom is 0.227 e. The van der Waals surface area contributed by atoms with Gasteiger partial charge in [-0.2, -0.15) is 0 Å². The van der Waals surface area contributed by atoms with Crippen molar-refractivity contribution in [2.24, 2.45) is 5.92 Å². The summed E-state index contributed by atoms with van der Waals surface area (Å²) in [5.41, 5.74) is 2.00. The minimum atomic E-state index is -0.0159. The molecule has 1 atom stereocenters. The molecule has 114 valence electrons. The first-order valence-electron chi connectivity index (χ1n) is 7.62. The van der Waals surface area contributed by atoms with Gasteiger partial charge in [0.25, 0.3) is 0 Å². The largest absolute Gasteiger partial charge is 0.326 e. The first-order chi connectivity index (χ1) is 10.6. The van der Waals surface area contributed by atoms with Gasteiger partial charge in [0.2, 0.25) is 5.91 Å². The van der Waals surface area contributed by atoms with Crippen LogP contribution < -0.4 is 5.32 Å². The van der Waals surface area contributed by atoms with Crippen molar-refractivity contribution in [2.75, 3.05) is 5.32 Å². The van der Waals surface area contributed by atoms with Crippen LogP contribution in [0, 0.1) is 5.92 Å². The Labute approximate surface area is 131 Å². The first-order valence-corrected chi connectivity index (χ1v) is 7.62. The predicted octanol–water partition coefficient (Wildman–Crippen LogP) is 4.29. The van der Waals surface area contributed by atoms with Crippen molar-refractivity contribution in [3.05, 3.63) is 65.7 Å². The summed E-state index contributed by atoms with van der Waals surface area (Å²) in [5.74, 6) is -0.00237. The Morgan fingerprint density at radius 3 is 2.14 bits per heavy atom. The van der Waals surface area contributed by atoms with Crippen LogP contribution in [0.25, 0.3) is 0 Å². The SMILES string of the molecule is CCC[C@H](C)C(=O)Nc1ccc(C(=O)c2ccccc2)cc1. The predicted molar refractivity (Wildman–Crippen MR) is 89.0 cm³/mol. The van der Waals surface area contributed by atoms with Crippen molar-refractivity contribution in [1.29, 1.82) is 0 Å². The van der Waals surface area contributed by atoms with Crippen molar-refractivity contribution in [3.8, 4) is 0 Å². The molecule has 0 bridgehead atoms. The number of carbonyl (C=O) groups excluding carboxylic acids is 2. The van der Waals surface area contributed by atoms with E-state index in [2.05, 4.69) is 12.2 Å². The van der Waals surface area contributed by atoms with Crippen molar-refractivity contribution < 1.29 is 9.59 Å². The van der Waals surface area contributed by atoms with E-state index in [9.17, 15) is 9.59 Å². The molecule has 3 nitrogen and oxygen atoms in total. The van der Waals surface area contributed by atoms with E-state index in [1.165, 1.54) is 0 Å². The molecule has 1 amide bonds. The molecule has 2 aromatic rings.